The van der Waals surface area contributed by atoms with Gasteiger partial charge in [-0.05, 0) is 31.5 Å². The maximum Gasteiger partial charge on any atom is 0.339 e. The van der Waals surface area contributed by atoms with Gasteiger partial charge in [-0.3, -0.25) is 14.7 Å². The fourth-order valence-corrected chi connectivity index (χ4v) is 3.20. The number of carbonyl (C=O) groups is 2. The first-order chi connectivity index (χ1) is 10.2. The van der Waals surface area contributed by atoms with Crippen molar-refractivity contribution in [3.63, 3.8) is 0 Å². The molecule has 0 bridgehead atoms. The number of rotatable bonds is 3. The van der Waals surface area contributed by atoms with E-state index < -0.39 is 0 Å². The zero-order chi connectivity index (χ0) is 14.8. The van der Waals surface area contributed by atoms with E-state index in [1.165, 1.54) is 7.11 Å². The van der Waals surface area contributed by atoms with Crippen LogP contribution in [-0.2, 0) is 16.1 Å². The zero-order valence-corrected chi connectivity index (χ0v) is 12.0. The molecule has 1 amide bonds. The number of pyridine rings is 1. The predicted molar refractivity (Wildman–Crippen MR) is 75.5 cm³/mol. The van der Waals surface area contributed by atoms with Gasteiger partial charge in [0.15, 0.2) is 0 Å². The molecule has 0 saturated carbocycles. The standard InChI is InChI=1S/C15H19N3O3/c1-21-15(20)10-4-5-11(16-7-10)9-18-6-2-3-12-13(18)8-17-14(12)19/h4-5,7,12-13H,2-3,6,8-9H2,1H3,(H,17,19). The van der Waals surface area contributed by atoms with Crippen LogP contribution in [0.4, 0.5) is 0 Å². The molecule has 2 aliphatic rings. The third-order valence-electron chi connectivity index (χ3n) is 4.33. The molecule has 1 N–H and O–H groups in total. The summed E-state index contributed by atoms with van der Waals surface area (Å²) < 4.78 is 4.66. The van der Waals surface area contributed by atoms with Gasteiger partial charge in [0.2, 0.25) is 5.91 Å². The molecule has 21 heavy (non-hydrogen) atoms. The third-order valence-corrected chi connectivity index (χ3v) is 4.33. The van der Waals surface area contributed by atoms with E-state index in [1.807, 2.05) is 6.07 Å². The Labute approximate surface area is 123 Å². The second-order valence-corrected chi connectivity index (χ2v) is 5.56. The molecule has 112 valence electrons. The van der Waals surface area contributed by atoms with Gasteiger partial charge in [-0.1, -0.05) is 0 Å². The number of nitrogens with zero attached hydrogens (tertiary/aromatic N) is 2. The molecule has 1 aromatic rings. The number of methoxy groups -OCH3 is 1. The highest BCUT2D eigenvalue weighted by molar-refractivity contribution is 5.88. The Morgan fingerprint density at radius 3 is 3.10 bits per heavy atom. The molecule has 2 fully saturated rings. The lowest BCUT2D eigenvalue weighted by molar-refractivity contribution is -0.124. The van der Waals surface area contributed by atoms with Crippen LogP contribution in [0.3, 0.4) is 0 Å². The molecule has 0 radical (unpaired) electrons. The largest absolute Gasteiger partial charge is 0.465 e. The van der Waals surface area contributed by atoms with Crippen LogP contribution in [-0.4, -0.2) is 48.0 Å². The molecular weight excluding hydrogens is 270 g/mol. The van der Waals surface area contributed by atoms with Gasteiger partial charge in [0.05, 0.1) is 24.3 Å². The summed E-state index contributed by atoms with van der Waals surface area (Å²) in [5.41, 5.74) is 1.36. The third kappa shape index (κ3) is 2.76. The van der Waals surface area contributed by atoms with Gasteiger partial charge in [0, 0.05) is 25.3 Å². The second-order valence-electron chi connectivity index (χ2n) is 5.56. The smallest absolute Gasteiger partial charge is 0.339 e. The average Bonchev–Trinajstić information content (AvgIpc) is 2.90. The van der Waals surface area contributed by atoms with E-state index in [-0.39, 0.29) is 23.8 Å². The van der Waals surface area contributed by atoms with Gasteiger partial charge in [-0.25, -0.2) is 4.79 Å². The molecule has 3 heterocycles. The van der Waals surface area contributed by atoms with Gasteiger partial charge in [0.25, 0.3) is 0 Å². The summed E-state index contributed by atoms with van der Waals surface area (Å²) >= 11 is 0. The topological polar surface area (TPSA) is 71.5 Å². The van der Waals surface area contributed by atoms with Crippen LogP contribution in [0.1, 0.15) is 28.9 Å². The number of ether oxygens (including phenoxy) is 1. The van der Waals surface area contributed by atoms with Crippen molar-refractivity contribution in [2.75, 3.05) is 20.2 Å². The lowest BCUT2D eigenvalue weighted by atomic mass is 9.91. The molecule has 6 nitrogen and oxygen atoms in total. The van der Waals surface area contributed by atoms with E-state index >= 15 is 0 Å². The summed E-state index contributed by atoms with van der Waals surface area (Å²) in [6.45, 7) is 2.41. The average molecular weight is 289 g/mol. The normalized spacial score (nSPS) is 25.3. The van der Waals surface area contributed by atoms with Crippen molar-refractivity contribution < 1.29 is 14.3 Å². The summed E-state index contributed by atoms with van der Waals surface area (Å²) in [5.74, 6) is -0.0792. The Balaban J connectivity index is 1.68. The molecule has 3 rings (SSSR count). The lowest BCUT2D eigenvalue weighted by Crippen LogP contribution is -2.45. The van der Waals surface area contributed by atoms with E-state index in [4.69, 9.17) is 0 Å². The number of amides is 1. The summed E-state index contributed by atoms with van der Waals surface area (Å²) in [6.07, 6.45) is 3.55. The first-order valence-electron chi connectivity index (χ1n) is 7.24. The van der Waals surface area contributed by atoms with Crippen LogP contribution < -0.4 is 5.32 Å². The summed E-state index contributed by atoms with van der Waals surface area (Å²) in [6, 6.07) is 3.85. The molecule has 1 aromatic heterocycles. The number of carbonyl (C=O) groups excluding carboxylic acids is 2. The fraction of sp³-hybridized carbons (Fsp3) is 0.533. The van der Waals surface area contributed by atoms with Crippen molar-refractivity contribution >= 4 is 11.9 Å². The minimum atomic E-state index is -0.377. The molecular formula is C15H19N3O3. The second kappa shape index (κ2) is 5.81. The SMILES string of the molecule is COC(=O)c1ccc(CN2CCCC3C(=O)NCC32)nc1. The van der Waals surface area contributed by atoms with E-state index in [0.717, 1.165) is 31.6 Å². The molecule has 0 aliphatic carbocycles. The van der Waals surface area contributed by atoms with Crippen molar-refractivity contribution in [2.45, 2.75) is 25.4 Å². The maximum absolute atomic E-state index is 11.8. The Kier molecular flexibility index (Phi) is 3.88. The van der Waals surface area contributed by atoms with Crippen molar-refractivity contribution in [2.24, 2.45) is 5.92 Å². The molecule has 2 saturated heterocycles. The Bertz CT molecular complexity index is 544. The quantitative estimate of drug-likeness (QED) is 0.824. The van der Waals surface area contributed by atoms with Gasteiger partial charge in [-0.15, -0.1) is 0 Å². The molecule has 0 spiro atoms. The fourth-order valence-electron chi connectivity index (χ4n) is 3.20. The van der Waals surface area contributed by atoms with Crippen molar-refractivity contribution in [3.8, 4) is 0 Å². The Morgan fingerprint density at radius 2 is 2.38 bits per heavy atom. The van der Waals surface area contributed by atoms with Gasteiger partial charge >= 0.3 is 5.97 Å². The zero-order valence-electron chi connectivity index (χ0n) is 12.0. The molecule has 6 heteroatoms. The van der Waals surface area contributed by atoms with Gasteiger partial charge in [0.1, 0.15) is 0 Å². The number of hydrogen-bond acceptors (Lipinski definition) is 5. The number of esters is 1. The summed E-state index contributed by atoms with van der Waals surface area (Å²) in [4.78, 5) is 29.8. The highest BCUT2D eigenvalue weighted by atomic mass is 16.5. The minimum Gasteiger partial charge on any atom is -0.465 e. The number of piperidine rings is 1. The van der Waals surface area contributed by atoms with Gasteiger partial charge in [-0.2, -0.15) is 0 Å². The van der Waals surface area contributed by atoms with Crippen LogP contribution in [0.15, 0.2) is 18.3 Å². The van der Waals surface area contributed by atoms with Crippen LogP contribution in [0, 0.1) is 5.92 Å². The molecule has 2 aliphatic heterocycles. The number of nitrogens with one attached hydrogen (secondary N) is 1. The maximum atomic E-state index is 11.8. The van der Waals surface area contributed by atoms with Gasteiger partial charge < -0.3 is 10.1 Å². The first-order valence-corrected chi connectivity index (χ1v) is 7.24. The molecule has 0 aromatic carbocycles. The van der Waals surface area contributed by atoms with E-state index in [0.29, 0.717) is 12.1 Å². The number of fused-ring (bicyclic) bond motifs is 1. The van der Waals surface area contributed by atoms with Crippen molar-refractivity contribution in [3.05, 3.63) is 29.6 Å². The van der Waals surface area contributed by atoms with Crippen molar-refractivity contribution in [1.29, 1.82) is 0 Å². The highest BCUT2D eigenvalue weighted by Crippen LogP contribution is 2.28. The predicted octanol–water partition coefficient (Wildman–Crippen LogP) is 0.579. The number of aromatic nitrogens is 1. The first kappa shape index (κ1) is 14.0. The van der Waals surface area contributed by atoms with Crippen LogP contribution >= 0.6 is 0 Å². The molecule has 2 unspecified atom stereocenters. The summed E-state index contributed by atoms with van der Waals surface area (Å²) in [5, 5.41) is 2.95. The number of likely N-dealkylation sites (tertiary alicyclic amines) is 1. The number of hydrogen-bond donors (Lipinski definition) is 1. The van der Waals surface area contributed by atoms with Crippen molar-refractivity contribution in [1.82, 2.24) is 15.2 Å². The van der Waals surface area contributed by atoms with Crippen LogP contribution in [0.25, 0.3) is 0 Å². The van der Waals surface area contributed by atoms with E-state index in [2.05, 4.69) is 19.9 Å². The summed E-state index contributed by atoms with van der Waals surface area (Å²) in [7, 11) is 1.36. The van der Waals surface area contributed by atoms with E-state index in [1.54, 1.807) is 12.3 Å². The Morgan fingerprint density at radius 1 is 1.52 bits per heavy atom. The lowest BCUT2D eigenvalue weighted by Gasteiger charge is -2.35. The molecule has 2 atom stereocenters. The Hall–Kier alpha value is -1.95. The minimum absolute atomic E-state index is 0.119. The highest BCUT2D eigenvalue weighted by Gasteiger charge is 2.40. The van der Waals surface area contributed by atoms with Crippen LogP contribution in [0.5, 0.6) is 0 Å². The van der Waals surface area contributed by atoms with Crippen LogP contribution in [0.2, 0.25) is 0 Å². The monoisotopic (exact) mass is 289 g/mol. The van der Waals surface area contributed by atoms with E-state index in [9.17, 15) is 9.59 Å².